The van der Waals surface area contributed by atoms with E-state index < -0.39 is 17.1 Å². The van der Waals surface area contributed by atoms with Crippen LogP contribution in [0.1, 0.15) is 15.9 Å². The SMILES string of the molecule is COc1ccc(N2C(=O)S/C(=C\c3ccc(C(=O)O)cc3)C2=O)c(OC)c1. The van der Waals surface area contributed by atoms with Crippen LogP contribution in [0.25, 0.3) is 6.08 Å². The fourth-order valence-electron chi connectivity index (χ4n) is 2.52. The van der Waals surface area contributed by atoms with E-state index in [1.165, 1.54) is 26.4 Å². The molecule has 2 aromatic carbocycles. The van der Waals surface area contributed by atoms with Gasteiger partial charge in [-0.25, -0.2) is 9.69 Å². The number of hydrogen-bond acceptors (Lipinski definition) is 6. The Morgan fingerprint density at radius 3 is 2.37 bits per heavy atom. The summed E-state index contributed by atoms with van der Waals surface area (Å²) in [5, 5.41) is 8.49. The van der Waals surface area contributed by atoms with Crippen LogP contribution in [0.3, 0.4) is 0 Å². The molecule has 0 aromatic heterocycles. The molecule has 1 fully saturated rings. The first-order chi connectivity index (χ1) is 12.9. The number of hydrogen-bond donors (Lipinski definition) is 1. The predicted octanol–water partition coefficient (Wildman–Crippen LogP) is 3.64. The van der Waals surface area contributed by atoms with Crippen molar-refractivity contribution in [3.05, 3.63) is 58.5 Å². The number of ether oxygens (including phenoxy) is 2. The van der Waals surface area contributed by atoms with Crippen LogP contribution in [-0.4, -0.2) is 36.4 Å². The second-order valence-corrected chi connectivity index (χ2v) is 6.48. The third kappa shape index (κ3) is 3.65. The van der Waals surface area contributed by atoms with E-state index in [2.05, 4.69) is 0 Å². The number of aromatic carboxylic acids is 1. The predicted molar refractivity (Wildman–Crippen MR) is 101 cm³/mol. The summed E-state index contributed by atoms with van der Waals surface area (Å²) in [6.07, 6.45) is 1.55. The van der Waals surface area contributed by atoms with Crippen molar-refractivity contribution in [2.24, 2.45) is 0 Å². The molecule has 1 saturated heterocycles. The normalized spacial score (nSPS) is 15.3. The van der Waals surface area contributed by atoms with Crippen molar-refractivity contribution in [3.8, 4) is 11.5 Å². The van der Waals surface area contributed by atoms with Crippen LogP contribution < -0.4 is 14.4 Å². The van der Waals surface area contributed by atoms with Crippen LogP contribution in [-0.2, 0) is 4.79 Å². The maximum Gasteiger partial charge on any atom is 0.335 e. The van der Waals surface area contributed by atoms with Gasteiger partial charge in [0.1, 0.15) is 11.5 Å². The van der Waals surface area contributed by atoms with Gasteiger partial charge in [-0.3, -0.25) is 9.59 Å². The van der Waals surface area contributed by atoms with Gasteiger partial charge < -0.3 is 14.6 Å². The van der Waals surface area contributed by atoms with Crippen molar-refractivity contribution >= 4 is 40.6 Å². The Morgan fingerprint density at radius 1 is 1.07 bits per heavy atom. The summed E-state index contributed by atoms with van der Waals surface area (Å²) < 4.78 is 10.4. The number of imide groups is 1. The molecule has 0 aliphatic carbocycles. The fraction of sp³-hybridized carbons (Fsp3) is 0.105. The van der Waals surface area contributed by atoms with Crippen molar-refractivity contribution in [1.82, 2.24) is 0 Å². The lowest BCUT2D eigenvalue weighted by atomic mass is 10.1. The highest BCUT2D eigenvalue weighted by Crippen LogP contribution is 2.40. The number of anilines is 1. The van der Waals surface area contributed by atoms with Gasteiger partial charge in [-0.1, -0.05) is 12.1 Å². The number of benzene rings is 2. The number of carbonyl (C=O) groups is 3. The fourth-order valence-corrected chi connectivity index (χ4v) is 3.35. The summed E-state index contributed by atoms with van der Waals surface area (Å²) in [6.45, 7) is 0. The van der Waals surface area contributed by atoms with Crippen LogP contribution in [0.5, 0.6) is 11.5 Å². The minimum absolute atomic E-state index is 0.142. The van der Waals surface area contributed by atoms with E-state index in [0.717, 1.165) is 16.7 Å². The van der Waals surface area contributed by atoms with E-state index in [9.17, 15) is 14.4 Å². The van der Waals surface area contributed by atoms with Crippen LogP contribution in [0, 0.1) is 0 Å². The smallest absolute Gasteiger partial charge is 0.335 e. The minimum atomic E-state index is -1.03. The van der Waals surface area contributed by atoms with E-state index in [0.29, 0.717) is 22.7 Å². The van der Waals surface area contributed by atoms with Gasteiger partial charge in [0.2, 0.25) is 0 Å². The third-order valence-corrected chi connectivity index (χ3v) is 4.75. The van der Waals surface area contributed by atoms with Gasteiger partial charge in [-0.2, -0.15) is 0 Å². The quantitative estimate of drug-likeness (QED) is 0.785. The molecule has 0 radical (unpaired) electrons. The molecule has 1 heterocycles. The first-order valence-corrected chi connectivity index (χ1v) is 8.59. The summed E-state index contributed by atoms with van der Waals surface area (Å²) in [5.74, 6) is -0.635. The average molecular weight is 385 g/mol. The molecule has 0 saturated carbocycles. The van der Waals surface area contributed by atoms with Gasteiger partial charge in [0.05, 0.1) is 30.4 Å². The molecule has 2 aromatic rings. The maximum absolute atomic E-state index is 12.8. The van der Waals surface area contributed by atoms with Gasteiger partial charge in [0.25, 0.3) is 11.1 Å². The first-order valence-electron chi connectivity index (χ1n) is 7.78. The highest BCUT2D eigenvalue weighted by Gasteiger charge is 2.37. The van der Waals surface area contributed by atoms with Crippen molar-refractivity contribution in [2.75, 3.05) is 19.1 Å². The number of carboxylic acids is 1. The lowest BCUT2D eigenvalue weighted by molar-refractivity contribution is -0.113. The van der Waals surface area contributed by atoms with Crippen molar-refractivity contribution in [2.45, 2.75) is 0 Å². The van der Waals surface area contributed by atoms with Gasteiger partial charge >= 0.3 is 5.97 Å². The average Bonchev–Trinajstić information content (AvgIpc) is 2.94. The summed E-state index contributed by atoms with van der Waals surface area (Å²) in [6, 6.07) is 10.8. The number of amides is 2. The second-order valence-electron chi connectivity index (χ2n) is 5.48. The maximum atomic E-state index is 12.8. The molecule has 27 heavy (non-hydrogen) atoms. The second kappa shape index (κ2) is 7.55. The Kier molecular flexibility index (Phi) is 5.18. The zero-order chi connectivity index (χ0) is 19.6. The molecule has 1 aliphatic rings. The summed E-state index contributed by atoms with van der Waals surface area (Å²) in [7, 11) is 2.95. The van der Waals surface area contributed by atoms with E-state index in [1.807, 2.05) is 0 Å². The Morgan fingerprint density at radius 2 is 1.78 bits per heavy atom. The van der Waals surface area contributed by atoms with Gasteiger partial charge in [-0.15, -0.1) is 0 Å². The lowest BCUT2D eigenvalue weighted by Gasteiger charge is -2.16. The standard InChI is InChI=1S/C19H15NO6S/c1-25-13-7-8-14(15(10-13)26-2)20-17(21)16(27-19(20)24)9-11-3-5-12(6-4-11)18(22)23/h3-10H,1-2H3,(H,22,23)/b16-9-. The highest BCUT2D eigenvalue weighted by atomic mass is 32.2. The molecule has 2 amide bonds. The van der Waals surface area contributed by atoms with E-state index >= 15 is 0 Å². The highest BCUT2D eigenvalue weighted by molar-refractivity contribution is 8.19. The van der Waals surface area contributed by atoms with E-state index in [4.69, 9.17) is 14.6 Å². The van der Waals surface area contributed by atoms with Gasteiger partial charge in [0.15, 0.2) is 0 Å². The Labute approximate surface area is 159 Å². The van der Waals surface area contributed by atoms with Crippen LogP contribution in [0.2, 0.25) is 0 Å². The third-order valence-electron chi connectivity index (χ3n) is 3.88. The zero-order valence-electron chi connectivity index (χ0n) is 14.5. The van der Waals surface area contributed by atoms with Crippen molar-refractivity contribution < 1.29 is 29.0 Å². The summed E-state index contributed by atoms with van der Waals surface area (Å²) in [5.41, 5.74) is 1.08. The number of nitrogens with zero attached hydrogens (tertiary/aromatic N) is 1. The molecule has 0 unspecified atom stereocenters. The molecular formula is C19H15NO6S. The summed E-state index contributed by atoms with van der Waals surface area (Å²) in [4.78, 5) is 37.4. The molecule has 1 aliphatic heterocycles. The molecule has 7 nitrogen and oxygen atoms in total. The number of thioether (sulfide) groups is 1. The number of carboxylic acid groups (broad SMARTS) is 1. The molecular weight excluding hydrogens is 370 g/mol. The first kappa shape index (κ1) is 18.5. The number of rotatable bonds is 5. The Hall–Kier alpha value is -3.26. The monoisotopic (exact) mass is 385 g/mol. The number of carbonyl (C=O) groups excluding carboxylic acids is 2. The largest absolute Gasteiger partial charge is 0.497 e. The Bertz CT molecular complexity index is 951. The molecule has 0 bridgehead atoms. The summed E-state index contributed by atoms with van der Waals surface area (Å²) >= 11 is 0.807. The topological polar surface area (TPSA) is 93.1 Å². The van der Waals surface area contributed by atoms with E-state index in [-0.39, 0.29) is 10.5 Å². The Balaban J connectivity index is 1.92. The molecule has 3 rings (SSSR count). The zero-order valence-corrected chi connectivity index (χ0v) is 15.3. The van der Waals surface area contributed by atoms with Crippen molar-refractivity contribution in [1.29, 1.82) is 0 Å². The van der Waals surface area contributed by atoms with Crippen LogP contribution >= 0.6 is 11.8 Å². The molecule has 0 spiro atoms. The lowest BCUT2D eigenvalue weighted by Crippen LogP contribution is -2.28. The van der Waals surface area contributed by atoms with Crippen LogP contribution in [0.15, 0.2) is 47.4 Å². The molecule has 0 atom stereocenters. The van der Waals surface area contributed by atoms with Crippen LogP contribution in [0.4, 0.5) is 10.5 Å². The van der Waals surface area contributed by atoms with E-state index in [1.54, 1.807) is 36.4 Å². The molecule has 8 heteroatoms. The minimum Gasteiger partial charge on any atom is -0.497 e. The number of methoxy groups -OCH3 is 2. The molecule has 138 valence electrons. The molecule has 1 N–H and O–H groups in total. The van der Waals surface area contributed by atoms with Gasteiger partial charge in [0, 0.05) is 6.07 Å². The van der Waals surface area contributed by atoms with Gasteiger partial charge in [-0.05, 0) is 47.7 Å². The van der Waals surface area contributed by atoms with Crippen molar-refractivity contribution in [3.63, 3.8) is 0 Å².